The van der Waals surface area contributed by atoms with Gasteiger partial charge in [-0.3, -0.25) is 0 Å². The molecule has 2 aromatic heterocycles. The summed E-state index contributed by atoms with van der Waals surface area (Å²) >= 11 is 5.87. The van der Waals surface area contributed by atoms with Gasteiger partial charge in [0.2, 0.25) is 31.9 Å². The molecular formula is C12H12Br2F2N4O4S2. The Hall–Kier alpha value is -1.38. The summed E-state index contributed by atoms with van der Waals surface area (Å²) in [7, 11) is -8.32. The zero-order valence-electron chi connectivity index (χ0n) is 13.2. The summed E-state index contributed by atoms with van der Waals surface area (Å²) in [6.45, 7) is 0. The van der Waals surface area contributed by atoms with Gasteiger partial charge in [-0.15, -0.1) is 0 Å². The van der Waals surface area contributed by atoms with Crippen LogP contribution in [0.25, 0.3) is 0 Å². The van der Waals surface area contributed by atoms with E-state index in [9.17, 15) is 25.6 Å². The third-order valence-electron chi connectivity index (χ3n) is 2.44. The van der Waals surface area contributed by atoms with Crippen molar-refractivity contribution in [3.05, 3.63) is 45.4 Å². The Kier molecular flexibility index (Phi) is 7.44. The summed E-state index contributed by atoms with van der Waals surface area (Å²) in [5.74, 6) is -1.83. The van der Waals surface area contributed by atoms with Crippen LogP contribution < -0.4 is 9.44 Å². The molecule has 0 saturated carbocycles. The highest BCUT2D eigenvalue weighted by atomic mass is 79.9. The molecule has 0 fully saturated rings. The maximum Gasteiger partial charge on any atom is 0.245 e. The molecule has 0 radical (unpaired) electrons. The molecule has 0 spiro atoms. The van der Waals surface area contributed by atoms with E-state index in [-0.39, 0.29) is 14.0 Å². The minimum atomic E-state index is -4.16. The number of halogens is 4. The largest absolute Gasteiger partial charge is 0.395 e. The second-order valence-corrected chi connectivity index (χ2v) is 10.2. The predicted molar refractivity (Wildman–Crippen MR) is 100 cm³/mol. The van der Waals surface area contributed by atoms with Crippen LogP contribution in [0.1, 0.15) is 0 Å². The number of pyridine rings is 2. The number of nitrogens with two attached hydrogens (primary N) is 1. The lowest BCUT2D eigenvalue weighted by molar-refractivity contribution is 0.571. The van der Waals surface area contributed by atoms with Crippen LogP contribution in [0.2, 0.25) is 0 Å². The fourth-order valence-corrected chi connectivity index (χ4v) is 5.10. The van der Waals surface area contributed by atoms with Crippen molar-refractivity contribution in [2.45, 2.75) is 0 Å². The molecule has 14 heteroatoms. The van der Waals surface area contributed by atoms with Crippen LogP contribution in [-0.4, -0.2) is 39.3 Å². The first-order valence-electron chi connectivity index (χ1n) is 6.33. The molecule has 0 aliphatic heterocycles. The molecule has 26 heavy (non-hydrogen) atoms. The number of nitrogens with zero attached hydrogens (tertiary/aromatic N) is 3. The third-order valence-corrected chi connectivity index (χ3v) is 6.54. The molecule has 2 N–H and O–H groups in total. The fraction of sp³-hybridized carbons (Fsp3) is 0.167. The number of hydrogen-bond acceptors (Lipinski definition) is 7. The Morgan fingerprint density at radius 1 is 0.885 bits per heavy atom. The van der Waals surface area contributed by atoms with E-state index in [0.29, 0.717) is 17.1 Å². The molecule has 144 valence electrons. The zero-order chi connectivity index (χ0) is 20.3. The van der Waals surface area contributed by atoms with Gasteiger partial charge in [0.25, 0.3) is 0 Å². The lowest BCUT2D eigenvalue weighted by atomic mass is 10.4. The number of sulfonamides is 2. The summed E-state index contributed by atoms with van der Waals surface area (Å²) in [4.78, 5) is 6.70. The van der Waals surface area contributed by atoms with Crippen molar-refractivity contribution < 1.29 is 25.6 Å². The van der Waals surface area contributed by atoms with Crippen LogP contribution in [0.5, 0.6) is 0 Å². The highest BCUT2D eigenvalue weighted by molar-refractivity contribution is 9.10. The SMILES string of the molecule is CS(=O)(=O)N(c1ccc(Br)nc1F)S(C)(=O)=O.Nc1ccc(Br)nc1F. The van der Waals surface area contributed by atoms with E-state index in [2.05, 4.69) is 41.8 Å². The van der Waals surface area contributed by atoms with E-state index < -0.39 is 37.6 Å². The van der Waals surface area contributed by atoms with E-state index >= 15 is 0 Å². The summed E-state index contributed by atoms with van der Waals surface area (Å²) in [6, 6.07) is 5.28. The van der Waals surface area contributed by atoms with Crippen molar-refractivity contribution in [2.24, 2.45) is 0 Å². The molecule has 0 unspecified atom stereocenters. The number of aromatic nitrogens is 2. The van der Waals surface area contributed by atoms with Crippen molar-refractivity contribution in [2.75, 3.05) is 22.0 Å². The monoisotopic (exact) mass is 536 g/mol. The molecule has 0 aromatic carbocycles. The standard InChI is InChI=1S/C7H8BrFN2O4S2.C5H4BrFN2/c1-16(12,13)11(17(2,14)15)5-3-4-6(8)10-7(5)9;6-4-2-1-3(8)5(7)9-4/h3-4H,1-2H3;1-2H,8H2. The average molecular weight is 538 g/mol. The van der Waals surface area contributed by atoms with Gasteiger partial charge in [-0.25, -0.2) is 26.8 Å². The normalized spacial score (nSPS) is 11.5. The molecule has 2 heterocycles. The maximum atomic E-state index is 13.4. The molecule has 2 aromatic rings. The lowest BCUT2D eigenvalue weighted by Gasteiger charge is -2.19. The Balaban J connectivity index is 0.000000314. The number of nitrogen functional groups attached to an aromatic ring is 1. The third kappa shape index (κ3) is 6.41. The van der Waals surface area contributed by atoms with Crippen molar-refractivity contribution in [3.63, 3.8) is 0 Å². The highest BCUT2D eigenvalue weighted by Gasteiger charge is 2.30. The molecular weight excluding hydrogens is 526 g/mol. The molecule has 0 saturated heterocycles. The first kappa shape index (κ1) is 22.7. The van der Waals surface area contributed by atoms with Gasteiger partial charge < -0.3 is 5.73 Å². The van der Waals surface area contributed by atoms with Crippen molar-refractivity contribution in [1.82, 2.24) is 9.97 Å². The first-order chi connectivity index (χ1) is 11.7. The number of rotatable bonds is 3. The Labute approximate surface area is 165 Å². The van der Waals surface area contributed by atoms with E-state index in [0.717, 1.165) is 6.07 Å². The van der Waals surface area contributed by atoms with E-state index in [1.807, 2.05) is 0 Å². The average Bonchev–Trinajstić information content (AvgIpc) is 2.44. The van der Waals surface area contributed by atoms with Gasteiger partial charge in [-0.05, 0) is 56.1 Å². The van der Waals surface area contributed by atoms with Gasteiger partial charge in [0, 0.05) is 0 Å². The number of anilines is 2. The van der Waals surface area contributed by atoms with Gasteiger partial charge >= 0.3 is 0 Å². The topological polar surface area (TPSA) is 123 Å². The van der Waals surface area contributed by atoms with Crippen molar-refractivity contribution in [3.8, 4) is 0 Å². The quantitative estimate of drug-likeness (QED) is 0.595. The lowest BCUT2D eigenvalue weighted by Crippen LogP contribution is -2.36. The number of hydrogen-bond donors (Lipinski definition) is 1. The molecule has 0 atom stereocenters. The second kappa shape index (κ2) is 8.54. The summed E-state index contributed by atoms with van der Waals surface area (Å²) in [5.41, 5.74) is 4.56. The molecule has 8 nitrogen and oxygen atoms in total. The van der Waals surface area contributed by atoms with Gasteiger partial charge in [0.05, 0.1) is 18.2 Å². The maximum absolute atomic E-state index is 13.4. The van der Waals surface area contributed by atoms with Gasteiger partial charge in [-0.1, -0.05) is 0 Å². The molecule has 0 aliphatic carbocycles. The van der Waals surface area contributed by atoms with Crippen LogP contribution in [0.4, 0.5) is 20.2 Å². The van der Waals surface area contributed by atoms with E-state index in [4.69, 9.17) is 5.73 Å². The van der Waals surface area contributed by atoms with Crippen LogP contribution in [0.15, 0.2) is 33.5 Å². The van der Waals surface area contributed by atoms with Gasteiger partial charge in [0.15, 0.2) is 0 Å². The van der Waals surface area contributed by atoms with Crippen molar-refractivity contribution >= 4 is 63.3 Å². The molecule has 2 rings (SSSR count). The summed E-state index contributed by atoms with van der Waals surface area (Å²) in [6.07, 6.45) is 1.32. The van der Waals surface area contributed by atoms with Crippen LogP contribution in [-0.2, 0) is 20.0 Å². The van der Waals surface area contributed by atoms with E-state index in [1.54, 1.807) is 6.07 Å². The van der Waals surface area contributed by atoms with Gasteiger partial charge in [-0.2, -0.15) is 12.5 Å². The van der Waals surface area contributed by atoms with Crippen LogP contribution in [0, 0.1) is 11.9 Å². The van der Waals surface area contributed by atoms with Crippen LogP contribution in [0.3, 0.4) is 0 Å². The predicted octanol–water partition coefficient (Wildman–Crippen LogP) is 2.27. The summed E-state index contributed by atoms with van der Waals surface area (Å²) < 4.78 is 71.8. The Bertz CT molecular complexity index is 988. The molecule has 0 bridgehead atoms. The summed E-state index contributed by atoms with van der Waals surface area (Å²) in [5, 5.41) is 0. The minimum absolute atomic E-state index is 0.00519. The smallest absolute Gasteiger partial charge is 0.245 e. The first-order valence-corrected chi connectivity index (χ1v) is 11.6. The second-order valence-electron chi connectivity index (χ2n) is 4.68. The molecule has 0 amide bonds. The van der Waals surface area contributed by atoms with Crippen LogP contribution >= 0.6 is 31.9 Å². The fourth-order valence-electron chi connectivity index (χ4n) is 1.57. The van der Waals surface area contributed by atoms with E-state index in [1.165, 1.54) is 12.1 Å². The zero-order valence-corrected chi connectivity index (χ0v) is 18.0. The minimum Gasteiger partial charge on any atom is -0.395 e. The van der Waals surface area contributed by atoms with Crippen molar-refractivity contribution in [1.29, 1.82) is 0 Å². The van der Waals surface area contributed by atoms with Gasteiger partial charge in [0.1, 0.15) is 14.9 Å². The Morgan fingerprint density at radius 2 is 1.31 bits per heavy atom. The molecule has 0 aliphatic rings. The Morgan fingerprint density at radius 3 is 1.65 bits per heavy atom. The highest BCUT2D eigenvalue weighted by Crippen LogP contribution is 2.24.